The summed E-state index contributed by atoms with van der Waals surface area (Å²) in [4.78, 5) is 30.1. The molecule has 0 saturated carbocycles. The highest BCUT2D eigenvalue weighted by atomic mass is 16.2. The number of para-hydroxylation sites is 1. The summed E-state index contributed by atoms with van der Waals surface area (Å²) in [6, 6.07) is 16.1. The number of nitrogens with one attached hydrogen (secondary N) is 1. The topological polar surface area (TPSA) is 52.7 Å². The Labute approximate surface area is 167 Å². The third-order valence-electron chi connectivity index (χ3n) is 5.43. The molecule has 0 bridgehead atoms. The van der Waals surface area contributed by atoms with Crippen LogP contribution in [0.15, 0.2) is 48.5 Å². The van der Waals surface area contributed by atoms with E-state index in [9.17, 15) is 9.59 Å². The number of carbonyl (C=O) groups excluding carboxylic acids is 2. The predicted octanol–water partition coefficient (Wildman–Crippen LogP) is 3.62. The maximum Gasteiger partial charge on any atom is 0.239 e. The molecule has 0 aliphatic carbocycles. The van der Waals surface area contributed by atoms with Gasteiger partial charge in [0.2, 0.25) is 11.8 Å². The Morgan fingerprint density at radius 1 is 0.929 bits per heavy atom. The fourth-order valence-corrected chi connectivity index (χ4v) is 3.45. The molecule has 1 heterocycles. The molecular weight excluding hydrogens is 350 g/mol. The van der Waals surface area contributed by atoms with Crippen LogP contribution in [-0.2, 0) is 9.59 Å². The maximum atomic E-state index is 13.1. The van der Waals surface area contributed by atoms with Gasteiger partial charge in [-0.15, -0.1) is 0 Å². The van der Waals surface area contributed by atoms with Crippen LogP contribution in [0.3, 0.4) is 0 Å². The molecule has 0 spiro atoms. The van der Waals surface area contributed by atoms with Crippen LogP contribution in [0.25, 0.3) is 0 Å². The molecule has 1 fully saturated rings. The van der Waals surface area contributed by atoms with E-state index in [-0.39, 0.29) is 11.8 Å². The molecule has 148 valence electrons. The first-order valence-corrected chi connectivity index (χ1v) is 9.77. The van der Waals surface area contributed by atoms with Gasteiger partial charge < -0.3 is 15.1 Å². The largest absolute Gasteiger partial charge is 0.368 e. The zero-order valence-corrected chi connectivity index (χ0v) is 17.2. The van der Waals surface area contributed by atoms with Gasteiger partial charge in [0.05, 0.1) is 0 Å². The van der Waals surface area contributed by atoms with Crippen LogP contribution in [0, 0.1) is 19.3 Å². The maximum absolute atomic E-state index is 13.1. The van der Waals surface area contributed by atoms with Gasteiger partial charge in [-0.05, 0) is 57.0 Å². The van der Waals surface area contributed by atoms with E-state index in [0.717, 1.165) is 29.9 Å². The Bertz CT molecular complexity index is 853. The van der Waals surface area contributed by atoms with E-state index in [1.807, 2.05) is 55.1 Å². The zero-order chi connectivity index (χ0) is 20.3. The molecule has 0 aromatic heterocycles. The van der Waals surface area contributed by atoms with Gasteiger partial charge in [0, 0.05) is 37.6 Å². The normalized spacial score (nSPS) is 14.7. The molecule has 5 heteroatoms. The van der Waals surface area contributed by atoms with Crippen LogP contribution in [0.1, 0.15) is 25.0 Å². The summed E-state index contributed by atoms with van der Waals surface area (Å²) < 4.78 is 0. The highest BCUT2D eigenvalue weighted by Gasteiger charge is 2.40. The quantitative estimate of drug-likeness (QED) is 0.826. The lowest BCUT2D eigenvalue weighted by Crippen LogP contribution is -2.54. The van der Waals surface area contributed by atoms with Crippen molar-refractivity contribution in [3.05, 3.63) is 59.7 Å². The molecule has 2 aromatic rings. The van der Waals surface area contributed by atoms with Crippen LogP contribution < -0.4 is 10.2 Å². The highest BCUT2D eigenvalue weighted by Crippen LogP contribution is 2.25. The minimum atomic E-state index is -1.12. The minimum Gasteiger partial charge on any atom is -0.368 e. The van der Waals surface area contributed by atoms with E-state index in [2.05, 4.69) is 22.3 Å². The third kappa shape index (κ3) is 4.19. The van der Waals surface area contributed by atoms with Gasteiger partial charge in [-0.3, -0.25) is 9.59 Å². The minimum absolute atomic E-state index is 0.122. The van der Waals surface area contributed by atoms with Crippen LogP contribution in [-0.4, -0.2) is 42.9 Å². The molecule has 1 saturated heterocycles. The van der Waals surface area contributed by atoms with Crippen LogP contribution in [0.5, 0.6) is 0 Å². The number of hydrogen-bond acceptors (Lipinski definition) is 3. The summed E-state index contributed by atoms with van der Waals surface area (Å²) in [6.45, 7) is 10.1. The van der Waals surface area contributed by atoms with E-state index >= 15 is 0 Å². The van der Waals surface area contributed by atoms with Gasteiger partial charge in [-0.2, -0.15) is 0 Å². The number of piperazine rings is 1. The van der Waals surface area contributed by atoms with Crippen LogP contribution >= 0.6 is 0 Å². The van der Waals surface area contributed by atoms with E-state index in [0.29, 0.717) is 13.1 Å². The second kappa shape index (κ2) is 8.05. The summed E-state index contributed by atoms with van der Waals surface area (Å²) in [5.41, 5.74) is 2.87. The van der Waals surface area contributed by atoms with Gasteiger partial charge in [0.25, 0.3) is 0 Å². The van der Waals surface area contributed by atoms with Crippen LogP contribution in [0.2, 0.25) is 0 Å². The Kier molecular flexibility index (Phi) is 5.73. The van der Waals surface area contributed by atoms with E-state index in [4.69, 9.17) is 0 Å². The summed E-state index contributed by atoms with van der Waals surface area (Å²) in [5, 5.41) is 2.95. The van der Waals surface area contributed by atoms with Gasteiger partial charge in [-0.25, -0.2) is 0 Å². The fraction of sp³-hybridized carbons (Fsp3) is 0.391. The van der Waals surface area contributed by atoms with E-state index in [1.54, 1.807) is 13.8 Å². The zero-order valence-electron chi connectivity index (χ0n) is 17.2. The first kappa shape index (κ1) is 19.9. The number of nitrogens with zero attached hydrogens (tertiary/aromatic N) is 2. The molecule has 0 radical (unpaired) electrons. The highest BCUT2D eigenvalue weighted by molar-refractivity contribution is 6.10. The van der Waals surface area contributed by atoms with Crippen molar-refractivity contribution in [2.75, 3.05) is 36.4 Å². The second-order valence-corrected chi connectivity index (χ2v) is 8.01. The summed E-state index contributed by atoms with van der Waals surface area (Å²) in [7, 11) is 0. The molecule has 2 aromatic carbocycles. The fourth-order valence-electron chi connectivity index (χ4n) is 3.45. The van der Waals surface area contributed by atoms with E-state index < -0.39 is 5.41 Å². The average Bonchev–Trinajstić information content (AvgIpc) is 2.71. The lowest BCUT2D eigenvalue weighted by Gasteiger charge is -2.39. The van der Waals surface area contributed by atoms with Gasteiger partial charge in [0.1, 0.15) is 5.41 Å². The number of aryl methyl sites for hydroxylation is 2. The van der Waals surface area contributed by atoms with Crippen molar-refractivity contribution in [1.29, 1.82) is 0 Å². The Morgan fingerprint density at radius 2 is 1.57 bits per heavy atom. The first-order valence-electron chi connectivity index (χ1n) is 9.77. The summed E-state index contributed by atoms with van der Waals surface area (Å²) in [5.74, 6) is -0.389. The molecular formula is C23H29N3O2. The molecule has 0 unspecified atom stereocenters. The number of amides is 2. The van der Waals surface area contributed by atoms with Crippen molar-refractivity contribution in [3.63, 3.8) is 0 Å². The van der Waals surface area contributed by atoms with E-state index in [1.165, 1.54) is 5.69 Å². The number of carbonyl (C=O) groups is 2. The van der Waals surface area contributed by atoms with Crippen molar-refractivity contribution in [1.82, 2.24) is 4.90 Å². The predicted molar refractivity (Wildman–Crippen MR) is 114 cm³/mol. The van der Waals surface area contributed by atoms with Gasteiger partial charge >= 0.3 is 0 Å². The first-order chi connectivity index (χ1) is 13.3. The third-order valence-corrected chi connectivity index (χ3v) is 5.43. The van der Waals surface area contributed by atoms with Crippen molar-refractivity contribution in [3.8, 4) is 0 Å². The van der Waals surface area contributed by atoms with Crippen molar-refractivity contribution >= 4 is 23.2 Å². The Balaban J connectivity index is 1.64. The van der Waals surface area contributed by atoms with Gasteiger partial charge in [0.15, 0.2) is 0 Å². The molecule has 28 heavy (non-hydrogen) atoms. The molecule has 1 aliphatic rings. The molecule has 0 atom stereocenters. The molecule has 1 N–H and O–H groups in total. The average molecular weight is 380 g/mol. The van der Waals surface area contributed by atoms with Gasteiger partial charge in [-0.1, -0.05) is 30.3 Å². The standard InChI is InChI=1S/C23H29N3O2/c1-17-10-11-18(2)20(16-17)24-21(27)23(3,4)22(28)26-14-12-25(13-15-26)19-8-6-5-7-9-19/h5-11,16H,12-15H2,1-4H3,(H,24,27). The monoisotopic (exact) mass is 379 g/mol. The smallest absolute Gasteiger partial charge is 0.239 e. The van der Waals surface area contributed by atoms with Crippen molar-refractivity contribution in [2.45, 2.75) is 27.7 Å². The lowest BCUT2D eigenvalue weighted by atomic mass is 9.89. The summed E-state index contributed by atoms with van der Waals surface area (Å²) in [6.07, 6.45) is 0. The number of anilines is 2. The molecule has 1 aliphatic heterocycles. The van der Waals surface area contributed by atoms with Crippen molar-refractivity contribution < 1.29 is 9.59 Å². The second-order valence-electron chi connectivity index (χ2n) is 8.01. The molecule has 3 rings (SSSR count). The molecule has 2 amide bonds. The van der Waals surface area contributed by atoms with Crippen molar-refractivity contribution in [2.24, 2.45) is 5.41 Å². The van der Waals surface area contributed by atoms with Crippen LogP contribution in [0.4, 0.5) is 11.4 Å². The summed E-state index contributed by atoms with van der Waals surface area (Å²) >= 11 is 0. The Hall–Kier alpha value is -2.82. The number of rotatable bonds is 4. The SMILES string of the molecule is Cc1ccc(C)c(NC(=O)C(C)(C)C(=O)N2CCN(c3ccccc3)CC2)c1. The number of hydrogen-bond donors (Lipinski definition) is 1. The Morgan fingerprint density at radius 3 is 2.21 bits per heavy atom. The molecule has 5 nitrogen and oxygen atoms in total. The number of benzene rings is 2. The lowest BCUT2D eigenvalue weighted by molar-refractivity contribution is -0.146.